The van der Waals surface area contributed by atoms with Crippen LogP contribution in [-0.4, -0.2) is 16.2 Å². The summed E-state index contributed by atoms with van der Waals surface area (Å²) in [6.45, 7) is 4.22. The van der Waals surface area contributed by atoms with Gasteiger partial charge in [0.2, 0.25) is 11.7 Å². The van der Waals surface area contributed by atoms with Gasteiger partial charge in [0.25, 0.3) is 0 Å². The number of hydrogen-bond acceptors (Lipinski definition) is 5. The maximum Gasteiger partial charge on any atom is 0.240 e. The first-order chi connectivity index (χ1) is 8.19. The smallest absolute Gasteiger partial charge is 0.240 e. The van der Waals surface area contributed by atoms with Gasteiger partial charge in [-0.15, -0.1) is 0 Å². The monoisotopic (exact) mass is 233 g/mol. The maximum atomic E-state index is 5.55. The first-order valence-electron chi connectivity index (χ1n) is 5.49. The second-order valence-corrected chi connectivity index (χ2v) is 3.91. The first kappa shape index (κ1) is 11.6. The molecule has 0 saturated carbocycles. The lowest BCUT2D eigenvalue weighted by atomic mass is 10.2. The number of nitrogens with zero attached hydrogens (tertiary/aromatic N) is 2. The molecule has 0 amide bonds. The summed E-state index contributed by atoms with van der Waals surface area (Å²) in [5.74, 6) is 1.80. The fourth-order valence-electron chi connectivity index (χ4n) is 1.41. The molecule has 5 nitrogen and oxygen atoms in total. The summed E-state index contributed by atoms with van der Waals surface area (Å²) in [4.78, 5) is 4.15. The molecule has 1 aromatic carbocycles. The van der Waals surface area contributed by atoms with Gasteiger partial charge in [-0.05, 0) is 38.1 Å². The van der Waals surface area contributed by atoms with Crippen molar-refractivity contribution in [3.63, 3.8) is 0 Å². The van der Waals surface area contributed by atoms with Gasteiger partial charge in [-0.2, -0.15) is 4.98 Å². The third-order valence-corrected chi connectivity index (χ3v) is 2.13. The van der Waals surface area contributed by atoms with Gasteiger partial charge in [-0.3, -0.25) is 0 Å². The molecule has 0 fully saturated rings. The second kappa shape index (κ2) is 4.97. The first-order valence-corrected chi connectivity index (χ1v) is 5.49. The van der Waals surface area contributed by atoms with Crippen molar-refractivity contribution in [1.82, 2.24) is 10.1 Å². The van der Waals surface area contributed by atoms with Gasteiger partial charge in [0.15, 0.2) is 0 Å². The lowest BCUT2D eigenvalue weighted by molar-refractivity contribution is 0.242. The Morgan fingerprint density at radius 1 is 1.29 bits per heavy atom. The third kappa shape index (κ3) is 2.82. The van der Waals surface area contributed by atoms with Crippen LogP contribution in [0, 0.1) is 0 Å². The zero-order chi connectivity index (χ0) is 12.3. The molecule has 5 heteroatoms. The molecule has 0 unspecified atom stereocenters. The molecule has 0 saturated heterocycles. The minimum Gasteiger partial charge on any atom is -0.491 e. The predicted octanol–water partition coefficient (Wildman–Crippen LogP) is 1.98. The molecule has 0 radical (unpaired) electrons. The Hall–Kier alpha value is -1.88. The van der Waals surface area contributed by atoms with Crippen molar-refractivity contribution in [1.29, 1.82) is 0 Å². The summed E-state index contributed by atoms with van der Waals surface area (Å²) in [6.07, 6.45) is 0.162. The van der Waals surface area contributed by atoms with Crippen molar-refractivity contribution in [3.05, 3.63) is 30.2 Å². The van der Waals surface area contributed by atoms with Crippen molar-refractivity contribution in [3.8, 4) is 17.1 Å². The Bertz CT molecular complexity index is 477. The van der Waals surface area contributed by atoms with Crippen LogP contribution in [0.25, 0.3) is 11.4 Å². The number of ether oxygens (including phenoxy) is 1. The molecule has 0 aliphatic rings. The topological polar surface area (TPSA) is 74.2 Å². The maximum absolute atomic E-state index is 5.55. The molecule has 17 heavy (non-hydrogen) atoms. The standard InChI is InChI=1S/C12H15N3O2/c1-8(2)16-10-5-3-9(4-6-10)12-14-11(7-13)17-15-12/h3-6,8H,7,13H2,1-2H3. The number of rotatable bonds is 4. The quantitative estimate of drug-likeness (QED) is 0.874. The molecule has 2 aromatic rings. The lowest BCUT2D eigenvalue weighted by Gasteiger charge is -2.09. The molecule has 0 aliphatic carbocycles. The van der Waals surface area contributed by atoms with Crippen LogP contribution in [0.15, 0.2) is 28.8 Å². The Balaban J connectivity index is 2.17. The van der Waals surface area contributed by atoms with E-state index < -0.39 is 0 Å². The summed E-state index contributed by atoms with van der Waals surface area (Å²) in [5.41, 5.74) is 6.28. The Morgan fingerprint density at radius 3 is 2.53 bits per heavy atom. The van der Waals surface area contributed by atoms with E-state index in [0.29, 0.717) is 11.7 Å². The van der Waals surface area contributed by atoms with Crippen LogP contribution in [0.5, 0.6) is 5.75 Å². The van der Waals surface area contributed by atoms with Gasteiger partial charge in [0, 0.05) is 5.56 Å². The number of aromatic nitrogens is 2. The lowest BCUT2D eigenvalue weighted by Crippen LogP contribution is -2.05. The highest BCUT2D eigenvalue weighted by Gasteiger charge is 2.07. The van der Waals surface area contributed by atoms with E-state index in [9.17, 15) is 0 Å². The van der Waals surface area contributed by atoms with Crippen molar-refractivity contribution >= 4 is 0 Å². The number of benzene rings is 1. The van der Waals surface area contributed by atoms with Crippen molar-refractivity contribution in [2.75, 3.05) is 0 Å². The van der Waals surface area contributed by atoms with E-state index in [1.165, 1.54) is 0 Å². The summed E-state index contributed by atoms with van der Waals surface area (Å²) in [7, 11) is 0. The van der Waals surface area contributed by atoms with E-state index in [-0.39, 0.29) is 12.6 Å². The molecular formula is C12H15N3O2. The molecule has 90 valence electrons. The van der Waals surface area contributed by atoms with Gasteiger partial charge < -0.3 is 15.0 Å². The minimum absolute atomic E-state index is 0.162. The van der Waals surface area contributed by atoms with Gasteiger partial charge >= 0.3 is 0 Å². The largest absolute Gasteiger partial charge is 0.491 e. The van der Waals surface area contributed by atoms with Crippen LogP contribution in [0.1, 0.15) is 19.7 Å². The average Bonchev–Trinajstić information content (AvgIpc) is 2.78. The van der Waals surface area contributed by atoms with Gasteiger partial charge in [0.1, 0.15) is 5.75 Å². The molecule has 0 atom stereocenters. The Morgan fingerprint density at radius 2 is 2.00 bits per heavy atom. The fourth-order valence-corrected chi connectivity index (χ4v) is 1.41. The van der Waals surface area contributed by atoms with Crippen molar-refractivity contribution < 1.29 is 9.26 Å². The highest BCUT2D eigenvalue weighted by molar-refractivity contribution is 5.55. The molecule has 2 rings (SSSR count). The normalized spacial score (nSPS) is 10.8. The predicted molar refractivity (Wildman–Crippen MR) is 63.4 cm³/mol. The number of hydrogen-bond donors (Lipinski definition) is 1. The van der Waals surface area contributed by atoms with E-state index in [2.05, 4.69) is 10.1 Å². The van der Waals surface area contributed by atoms with Crippen LogP contribution in [-0.2, 0) is 6.54 Å². The van der Waals surface area contributed by atoms with Crippen molar-refractivity contribution in [2.24, 2.45) is 5.73 Å². The number of nitrogens with two attached hydrogens (primary N) is 1. The van der Waals surface area contributed by atoms with Crippen LogP contribution in [0.3, 0.4) is 0 Å². The SMILES string of the molecule is CC(C)Oc1ccc(-c2noc(CN)n2)cc1. The van der Waals surface area contributed by atoms with Gasteiger partial charge in [-0.25, -0.2) is 0 Å². The summed E-state index contributed by atoms with van der Waals surface area (Å²) in [6, 6.07) is 7.55. The molecule has 2 N–H and O–H groups in total. The highest BCUT2D eigenvalue weighted by Crippen LogP contribution is 2.20. The fraction of sp³-hybridized carbons (Fsp3) is 0.333. The molecule has 1 aromatic heterocycles. The Labute approximate surface area is 99.6 Å². The van der Waals surface area contributed by atoms with Gasteiger partial charge in [-0.1, -0.05) is 5.16 Å². The van der Waals surface area contributed by atoms with Gasteiger partial charge in [0.05, 0.1) is 12.6 Å². The van der Waals surface area contributed by atoms with E-state index in [1.807, 2.05) is 38.1 Å². The summed E-state index contributed by atoms with van der Waals surface area (Å²) in [5, 5.41) is 3.84. The van der Waals surface area contributed by atoms with E-state index in [4.69, 9.17) is 15.0 Å². The van der Waals surface area contributed by atoms with Crippen LogP contribution in [0.4, 0.5) is 0 Å². The average molecular weight is 233 g/mol. The molecular weight excluding hydrogens is 218 g/mol. The Kier molecular flexibility index (Phi) is 3.39. The minimum atomic E-state index is 0.162. The van der Waals surface area contributed by atoms with E-state index in [1.54, 1.807) is 0 Å². The third-order valence-electron chi connectivity index (χ3n) is 2.13. The van der Waals surface area contributed by atoms with Crippen LogP contribution >= 0.6 is 0 Å². The van der Waals surface area contributed by atoms with Crippen LogP contribution in [0.2, 0.25) is 0 Å². The molecule has 0 bridgehead atoms. The molecule has 0 aliphatic heterocycles. The van der Waals surface area contributed by atoms with E-state index >= 15 is 0 Å². The highest BCUT2D eigenvalue weighted by atomic mass is 16.5. The summed E-state index contributed by atoms with van der Waals surface area (Å²) >= 11 is 0. The zero-order valence-corrected chi connectivity index (χ0v) is 9.88. The van der Waals surface area contributed by atoms with Crippen LogP contribution < -0.4 is 10.5 Å². The zero-order valence-electron chi connectivity index (χ0n) is 9.88. The second-order valence-electron chi connectivity index (χ2n) is 3.91. The summed E-state index contributed by atoms with van der Waals surface area (Å²) < 4.78 is 10.5. The van der Waals surface area contributed by atoms with Crippen molar-refractivity contribution in [2.45, 2.75) is 26.5 Å². The van der Waals surface area contributed by atoms with E-state index in [0.717, 1.165) is 11.3 Å². The molecule has 1 heterocycles. The molecule has 0 spiro atoms.